The van der Waals surface area contributed by atoms with Crippen molar-refractivity contribution in [3.63, 3.8) is 0 Å². The van der Waals surface area contributed by atoms with Crippen molar-refractivity contribution < 1.29 is 19.1 Å². The first-order valence-electron chi connectivity index (χ1n) is 9.08. The molecule has 0 aliphatic carbocycles. The highest BCUT2D eigenvalue weighted by Crippen LogP contribution is 2.34. The number of nitrogens with one attached hydrogen (secondary N) is 1. The number of methoxy groups -OCH3 is 1. The lowest BCUT2D eigenvalue weighted by Crippen LogP contribution is -2.30. The predicted octanol–water partition coefficient (Wildman–Crippen LogP) is 4.63. The number of nitrogens with zero attached hydrogens (tertiary/aromatic N) is 1. The fourth-order valence-electron chi connectivity index (χ4n) is 2.74. The summed E-state index contributed by atoms with van der Waals surface area (Å²) in [5, 5.41) is 3.48. The lowest BCUT2D eigenvalue weighted by atomic mass is 10.1. The molecule has 154 valence electrons. The van der Waals surface area contributed by atoms with Gasteiger partial charge in [-0.15, -0.1) is 11.3 Å². The Labute approximate surface area is 179 Å². The van der Waals surface area contributed by atoms with E-state index >= 15 is 0 Å². The summed E-state index contributed by atoms with van der Waals surface area (Å²) in [7, 11) is 1.26. The standard InChI is InChI=1S/C21H23ClN2O4S/c1-5-24(6-2)20(26)18-13(3)17(21(27)28-4)19(29-18)23-16(25)12-11-14-9-7-8-10-15(14)22/h7-12H,5-6H2,1-4H3,(H,23,25). The molecule has 6 nitrogen and oxygen atoms in total. The lowest BCUT2D eigenvalue weighted by molar-refractivity contribution is -0.111. The smallest absolute Gasteiger partial charge is 0.341 e. The van der Waals surface area contributed by atoms with Crippen molar-refractivity contribution in [2.75, 3.05) is 25.5 Å². The average Bonchev–Trinajstić information content (AvgIpc) is 3.03. The van der Waals surface area contributed by atoms with E-state index < -0.39 is 11.9 Å². The molecule has 29 heavy (non-hydrogen) atoms. The molecular weight excluding hydrogens is 412 g/mol. The van der Waals surface area contributed by atoms with Gasteiger partial charge in [0.05, 0.1) is 17.6 Å². The van der Waals surface area contributed by atoms with Crippen molar-refractivity contribution in [2.45, 2.75) is 20.8 Å². The molecular formula is C21H23ClN2O4S. The molecule has 0 aliphatic heterocycles. The van der Waals surface area contributed by atoms with Gasteiger partial charge in [0.2, 0.25) is 5.91 Å². The van der Waals surface area contributed by atoms with E-state index in [0.717, 1.165) is 11.3 Å². The zero-order chi connectivity index (χ0) is 21.6. The Kier molecular flexibility index (Phi) is 7.99. The van der Waals surface area contributed by atoms with Crippen molar-refractivity contribution in [3.05, 3.63) is 56.9 Å². The quantitative estimate of drug-likeness (QED) is 0.509. The summed E-state index contributed by atoms with van der Waals surface area (Å²) in [6.07, 6.45) is 2.90. The number of rotatable bonds is 7. The van der Waals surface area contributed by atoms with Crippen LogP contribution in [0.4, 0.5) is 5.00 Å². The van der Waals surface area contributed by atoms with Gasteiger partial charge in [-0.25, -0.2) is 4.79 Å². The van der Waals surface area contributed by atoms with Gasteiger partial charge >= 0.3 is 5.97 Å². The van der Waals surface area contributed by atoms with E-state index in [4.69, 9.17) is 16.3 Å². The largest absolute Gasteiger partial charge is 0.465 e. The first kappa shape index (κ1) is 22.6. The molecule has 0 radical (unpaired) electrons. The second-order valence-electron chi connectivity index (χ2n) is 6.07. The number of hydrogen-bond donors (Lipinski definition) is 1. The Morgan fingerprint density at radius 3 is 2.45 bits per heavy atom. The Morgan fingerprint density at radius 1 is 1.21 bits per heavy atom. The predicted molar refractivity (Wildman–Crippen MR) is 117 cm³/mol. The maximum absolute atomic E-state index is 12.8. The van der Waals surface area contributed by atoms with Crippen molar-refractivity contribution in [2.24, 2.45) is 0 Å². The first-order valence-corrected chi connectivity index (χ1v) is 10.3. The maximum Gasteiger partial charge on any atom is 0.341 e. The van der Waals surface area contributed by atoms with Crippen LogP contribution in [0.2, 0.25) is 5.02 Å². The van der Waals surface area contributed by atoms with Crippen LogP contribution in [0, 0.1) is 6.92 Å². The fourth-order valence-corrected chi connectivity index (χ4v) is 4.10. The average molecular weight is 435 g/mol. The number of carbonyl (C=O) groups excluding carboxylic acids is 3. The molecule has 1 aromatic carbocycles. The Balaban J connectivity index is 2.34. The number of hydrogen-bond acceptors (Lipinski definition) is 5. The van der Waals surface area contributed by atoms with Gasteiger partial charge in [0.1, 0.15) is 5.00 Å². The number of amides is 2. The van der Waals surface area contributed by atoms with Crippen LogP contribution >= 0.6 is 22.9 Å². The molecule has 0 saturated heterocycles. The summed E-state index contributed by atoms with van der Waals surface area (Å²) in [6.45, 7) is 6.53. The minimum absolute atomic E-state index is 0.185. The van der Waals surface area contributed by atoms with Crippen LogP contribution in [0.1, 0.15) is 45.0 Å². The van der Waals surface area contributed by atoms with Crippen LogP contribution < -0.4 is 5.32 Å². The Morgan fingerprint density at radius 2 is 1.86 bits per heavy atom. The zero-order valence-corrected chi connectivity index (χ0v) is 18.3. The van der Waals surface area contributed by atoms with Crippen LogP contribution in [0.3, 0.4) is 0 Å². The van der Waals surface area contributed by atoms with Gasteiger partial charge in [-0.3, -0.25) is 9.59 Å². The molecule has 2 aromatic rings. The highest BCUT2D eigenvalue weighted by atomic mass is 35.5. The molecule has 1 N–H and O–H groups in total. The topological polar surface area (TPSA) is 75.7 Å². The SMILES string of the molecule is CCN(CC)C(=O)c1sc(NC(=O)C=Cc2ccccc2Cl)c(C(=O)OC)c1C. The monoisotopic (exact) mass is 434 g/mol. The van der Waals surface area contributed by atoms with Gasteiger partial charge in [-0.1, -0.05) is 29.8 Å². The molecule has 0 saturated carbocycles. The van der Waals surface area contributed by atoms with Gasteiger partial charge in [-0.05, 0) is 44.0 Å². The van der Waals surface area contributed by atoms with Crippen LogP contribution in [0.5, 0.6) is 0 Å². The molecule has 2 rings (SSSR count). The van der Waals surface area contributed by atoms with E-state index in [2.05, 4.69) is 5.32 Å². The van der Waals surface area contributed by atoms with Crippen LogP contribution in [0.15, 0.2) is 30.3 Å². The summed E-state index contributed by atoms with van der Waals surface area (Å²) in [5.74, 6) is -1.24. The Hall–Kier alpha value is -2.64. The van der Waals surface area contributed by atoms with Crippen LogP contribution in [-0.2, 0) is 9.53 Å². The molecule has 0 fully saturated rings. The summed E-state index contributed by atoms with van der Waals surface area (Å²) in [6, 6.07) is 7.11. The zero-order valence-electron chi connectivity index (χ0n) is 16.7. The Bertz CT molecular complexity index is 948. The summed E-state index contributed by atoms with van der Waals surface area (Å²) >= 11 is 7.15. The summed E-state index contributed by atoms with van der Waals surface area (Å²) in [4.78, 5) is 39.5. The van der Waals surface area contributed by atoms with Gasteiger partial charge in [0.25, 0.3) is 5.91 Å². The van der Waals surface area contributed by atoms with E-state index in [9.17, 15) is 14.4 Å². The van der Waals surface area contributed by atoms with Crippen molar-refractivity contribution in [1.82, 2.24) is 4.90 Å². The number of halogens is 1. The highest BCUT2D eigenvalue weighted by molar-refractivity contribution is 7.18. The molecule has 0 unspecified atom stereocenters. The molecule has 0 spiro atoms. The number of benzene rings is 1. The van der Waals surface area contributed by atoms with Crippen molar-refractivity contribution in [3.8, 4) is 0 Å². The number of anilines is 1. The summed E-state index contributed by atoms with van der Waals surface area (Å²) < 4.78 is 4.85. The minimum Gasteiger partial charge on any atom is -0.465 e. The molecule has 8 heteroatoms. The third-order valence-electron chi connectivity index (χ3n) is 4.34. The molecule has 0 aliphatic rings. The van der Waals surface area contributed by atoms with Crippen molar-refractivity contribution in [1.29, 1.82) is 0 Å². The van der Waals surface area contributed by atoms with E-state index in [1.165, 1.54) is 13.2 Å². The molecule has 1 heterocycles. The second-order valence-corrected chi connectivity index (χ2v) is 7.50. The number of esters is 1. The molecule has 2 amide bonds. The van der Waals surface area contributed by atoms with E-state index in [-0.39, 0.29) is 16.5 Å². The third-order valence-corrected chi connectivity index (χ3v) is 5.88. The number of ether oxygens (including phenoxy) is 1. The molecule has 1 aromatic heterocycles. The molecule has 0 atom stereocenters. The van der Waals surface area contributed by atoms with Crippen molar-refractivity contribution >= 4 is 51.8 Å². The maximum atomic E-state index is 12.8. The highest BCUT2D eigenvalue weighted by Gasteiger charge is 2.27. The van der Waals surface area contributed by atoms with Gasteiger partial charge < -0.3 is 15.0 Å². The van der Waals surface area contributed by atoms with Gasteiger partial charge in [0.15, 0.2) is 0 Å². The second kappa shape index (κ2) is 10.2. The van der Waals surface area contributed by atoms with E-state index in [0.29, 0.717) is 34.1 Å². The normalized spacial score (nSPS) is 10.8. The molecule has 0 bridgehead atoms. The van der Waals surface area contributed by atoms with Crippen LogP contribution in [-0.4, -0.2) is 42.9 Å². The summed E-state index contributed by atoms with van der Waals surface area (Å²) in [5.41, 5.74) is 1.37. The number of thiophene rings is 1. The third kappa shape index (κ3) is 5.25. The minimum atomic E-state index is -0.609. The number of carbonyl (C=O) groups is 3. The van der Waals surface area contributed by atoms with Gasteiger partial charge in [-0.2, -0.15) is 0 Å². The van der Waals surface area contributed by atoms with Gasteiger partial charge in [0, 0.05) is 24.2 Å². The fraction of sp³-hybridized carbons (Fsp3) is 0.286. The van der Waals surface area contributed by atoms with E-state index in [1.54, 1.807) is 36.1 Å². The van der Waals surface area contributed by atoms with E-state index in [1.807, 2.05) is 19.9 Å². The first-order chi connectivity index (χ1) is 13.8. The van der Waals surface area contributed by atoms with Crippen LogP contribution in [0.25, 0.3) is 6.08 Å². The lowest BCUT2D eigenvalue weighted by Gasteiger charge is -2.17.